The van der Waals surface area contributed by atoms with E-state index < -0.39 is 12.0 Å². The number of rotatable bonds is 9. The summed E-state index contributed by atoms with van der Waals surface area (Å²) in [4.78, 5) is 33.1. The van der Waals surface area contributed by atoms with Gasteiger partial charge in [-0.1, -0.05) is 60.3 Å². The van der Waals surface area contributed by atoms with E-state index in [2.05, 4.69) is 5.32 Å². The lowest BCUT2D eigenvalue weighted by molar-refractivity contribution is -0.141. The van der Waals surface area contributed by atoms with Crippen LogP contribution in [0.3, 0.4) is 0 Å². The first-order valence-corrected chi connectivity index (χ1v) is 13.0. The number of benzene rings is 2. The molecule has 0 radical (unpaired) electrons. The molecule has 0 saturated heterocycles. The molecule has 8 nitrogen and oxygen atoms in total. The second-order valence-electron chi connectivity index (χ2n) is 8.73. The maximum Gasteiger partial charge on any atom is 0.338 e. The summed E-state index contributed by atoms with van der Waals surface area (Å²) in [6, 6.07) is 20.1. The smallest absolute Gasteiger partial charge is 0.338 e. The van der Waals surface area contributed by atoms with Gasteiger partial charge in [-0.25, -0.2) is 9.79 Å². The van der Waals surface area contributed by atoms with Crippen molar-refractivity contribution in [1.82, 2.24) is 10.2 Å². The molecule has 1 amide bonds. The average Bonchev–Trinajstić information content (AvgIpc) is 3.60. The van der Waals surface area contributed by atoms with Crippen LogP contribution in [0.4, 0.5) is 0 Å². The Morgan fingerprint density at radius 2 is 1.87 bits per heavy atom. The largest absolute Gasteiger partial charge is 0.496 e. The number of nitrogens with zero attached hydrogens (tertiary/aromatic N) is 2. The van der Waals surface area contributed by atoms with Gasteiger partial charge in [-0.15, -0.1) is 0 Å². The molecule has 0 spiro atoms. The van der Waals surface area contributed by atoms with Crippen molar-refractivity contribution in [3.05, 3.63) is 112 Å². The number of hydrogen-bond donors (Lipinski definition) is 1. The number of esters is 1. The zero-order chi connectivity index (χ0) is 26.5. The molecular formula is C29H27N3O5S. The Kier molecular flexibility index (Phi) is 7.65. The van der Waals surface area contributed by atoms with Crippen LogP contribution in [0.1, 0.15) is 36.3 Å². The summed E-state index contributed by atoms with van der Waals surface area (Å²) in [5.74, 6) is 0.650. The number of ether oxygens (including phenoxy) is 2. The van der Waals surface area contributed by atoms with Crippen molar-refractivity contribution >= 4 is 28.8 Å². The minimum atomic E-state index is -0.582. The van der Waals surface area contributed by atoms with Gasteiger partial charge in [0.05, 0.1) is 43.7 Å². The molecule has 3 heterocycles. The van der Waals surface area contributed by atoms with Crippen molar-refractivity contribution in [3.8, 4) is 5.75 Å². The second kappa shape index (κ2) is 11.4. The molecule has 0 unspecified atom stereocenters. The van der Waals surface area contributed by atoms with Gasteiger partial charge in [0.1, 0.15) is 18.1 Å². The molecule has 0 aliphatic carbocycles. The fourth-order valence-corrected chi connectivity index (χ4v) is 5.41. The highest BCUT2D eigenvalue weighted by molar-refractivity contribution is 8.16. The number of methoxy groups -OCH3 is 1. The maximum absolute atomic E-state index is 13.6. The van der Waals surface area contributed by atoms with Gasteiger partial charge in [0.2, 0.25) is 5.91 Å². The number of thioether (sulfide) groups is 1. The van der Waals surface area contributed by atoms with Crippen molar-refractivity contribution < 1.29 is 23.5 Å². The van der Waals surface area contributed by atoms with Crippen LogP contribution < -0.4 is 10.1 Å². The number of nitrogens with one attached hydrogen (secondary N) is 1. The predicted molar refractivity (Wildman–Crippen MR) is 145 cm³/mol. The Balaban J connectivity index is 1.44. The van der Waals surface area contributed by atoms with Gasteiger partial charge in [-0.05, 0) is 36.1 Å². The van der Waals surface area contributed by atoms with Crippen LogP contribution in [0.2, 0.25) is 0 Å². The number of allylic oxidation sites excluding steroid dienone is 1. The predicted octanol–water partition coefficient (Wildman–Crippen LogP) is 5.31. The quantitative estimate of drug-likeness (QED) is 0.375. The number of carbonyl (C=O) groups excluding carboxylic acids is 2. The Bertz CT molecular complexity index is 1410. The summed E-state index contributed by atoms with van der Waals surface area (Å²) in [5, 5.41) is 5.48. The molecule has 3 aromatic rings. The second-order valence-corrected chi connectivity index (χ2v) is 9.57. The van der Waals surface area contributed by atoms with Crippen LogP contribution in [0, 0.1) is 0 Å². The summed E-state index contributed by atoms with van der Waals surface area (Å²) in [6.07, 6.45) is 1.67. The third-order valence-corrected chi connectivity index (χ3v) is 7.14. The monoisotopic (exact) mass is 529 g/mol. The number of fused-ring (bicyclic) bond motifs is 1. The van der Waals surface area contributed by atoms with E-state index in [0.717, 1.165) is 16.8 Å². The first-order valence-electron chi connectivity index (χ1n) is 12.1. The molecule has 1 aromatic heterocycles. The lowest BCUT2D eigenvalue weighted by Gasteiger charge is -2.36. The lowest BCUT2D eigenvalue weighted by atomic mass is 9.93. The normalized spacial score (nSPS) is 16.5. The molecule has 9 heteroatoms. The summed E-state index contributed by atoms with van der Waals surface area (Å²) < 4.78 is 16.8. The molecule has 5 rings (SSSR count). The van der Waals surface area contributed by atoms with Crippen LogP contribution in [0.25, 0.3) is 0 Å². The van der Waals surface area contributed by atoms with E-state index in [9.17, 15) is 9.59 Å². The van der Waals surface area contributed by atoms with Crippen molar-refractivity contribution in [3.63, 3.8) is 0 Å². The SMILES string of the molecule is COc1ccccc1[C@H]1C(C(=O)OCc2ccccc2)=C(C)N=C2SC=C(CC(=O)NCc3ccco3)N21. The lowest BCUT2D eigenvalue weighted by Crippen LogP contribution is -2.38. The van der Waals surface area contributed by atoms with Crippen LogP contribution in [-0.2, 0) is 27.5 Å². The van der Waals surface area contributed by atoms with Crippen LogP contribution in [-0.4, -0.2) is 29.1 Å². The third-order valence-electron chi connectivity index (χ3n) is 6.25. The van der Waals surface area contributed by atoms with Gasteiger partial charge in [0, 0.05) is 11.3 Å². The van der Waals surface area contributed by atoms with Crippen LogP contribution in [0.5, 0.6) is 5.75 Å². The highest BCUT2D eigenvalue weighted by atomic mass is 32.2. The van der Waals surface area contributed by atoms with Gasteiger partial charge in [-0.3, -0.25) is 4.79 Å². The van der Waals surface area contributed by atoms with Crippen LogP contribution in [0.15, 0.2) is 105 Å². The molecule has 2 aliphatic rings. The number of aliphatic imine (C=N–C) groups is 1. The van der Waals surface area contributed by atoms with Gasteiger partial charge < -0.3 is 24.1 Å². The van der Waals surface area contributed by atoms with E-state index in [4.69, 9.17) is 18.9 Å². The van der Waals surface area contributed by atoms with E-state index in [0.29, 0.717) is 34.5 Å². The van der Waals surface area contributed by atoms with Gasteiger partial charge in [-0.2, -0.15) is 0 Å². The molecule has 2 aliphatic heterocycles. The number of hydrogen-bond acceptors (Lipinski definition) is 8. The fourth-order valence-electron chi connectivity index (χ4n) is 4.44. The highest BCUT2D eigenvalue weighted by Crippen LogP contribution is 2.46. The van der Waals surface area contributed by atoms with Gasteiger partial charge in [0.25, 0.3) is 0 Å². The zero-order valence-electron chi connectivity index (χ0n) is 21.0. The molecule has 194 valence electrons. The van der Waals surface area contributed by atoms with E-state index >= 15 is 0 Å². The van der Waals surface area contributed by atoms with Crippen molar-refractivity contribution in [2.45, 2.75) is 32.5 Å². The minimum absolute atomic E-state index is 0.101. The van der Waals surface area contributed by atoms with E-state index in [-0.39, 0.29) is 18.9 Å². The number of carbonyl (C=O) groups is 2. The van der Waals surface area contributed by atoms with Crippen molar-refractivity contribution in [1.29, 1.82) is 0 Å². The average molecular weight is 530 g/mol. The minimum Gasteiger partial charge on any atom is -0.496 e. The molecule has 2 aromatic carbocycles. The van der Waals surface area contributed by atoms with Crippen LogP contribution >= 0.6 is 11.8 Å². The van der Waals surface area contributed by atoms with E-state index in [1.165, 1.54) is 11.8 Å². The topological polar surface area (TPSA) is 93.4 Å². The third kappa shape index (κ3) is 5.38. The standard InChI is InChI=1S/C29H27N3O5S/c1-19-26(28(34)37-17-20-9-4-3-5-10-20)27(23-12-6-7-13-24(23)35-2)32-21(18-38-29(32)31-19)15-25(33)30-16-22-11-8-14-36-22/h3-14,18,27H,15-17H2,1-2H3,(H,30,33)/t27-/m0/s1. The molecule has 1 N–H and O–H groups in total. The molecule has 0 saturated carbocycles. The first kappa shape index (κ1) is 25.4. The Labute approximate surface area is 225 Å². The summed E-state index contributed by atoms with van der Waals surface area (Å²) in [7, 11) is 1.60. The van der Waals surface area contributed by atoms with Gasteiger partial charge in [0.15, 0.2) is 5.17 Å². The van der Waals surface area contributed by atoms with E-state index in [1.807, 2.05) is 64.9 Å². The van der Waals surface area contributed by atoms with Crippen molar-refractivity contribution in [2.75, 3.05) is 7.11 Å². The Morgan fingerprint density at radius 3 is 2.63 bits per heavy atom. The fraction of sp³-hybridized carbons (Fsp3) is 0.207. The summed E-state index contributed by atoms with van der Waals surface area (Å²) >= 11 is 1.42. The first-order chi connectivity index (χ1) is 18.5. The van der Waals surface area contributed by atoms with Gasteiger partial charge >= 0.3 is 5.97 Å². The number of furan rings is 1. The zero-order valence-corrected chi connectivity index (χ0v) is 21.9. The Hall–Kier alpha value is -4.24. The molecule has 0 fully saturated rings. The highest BCUT2D eigenvalue weighted by Gasteiger charge is 2.42. The molecule has 0 bridgehead atoms. The molecule has 38 heavy (non-hydrogen) atoms. The summed E-state index contributed by atoms with van der Waals surface area (Å²) in [5.41, 5.74) is 3.35. The summed E-state index contributed by atoms with van der Waals surface area (Å²) in [6.45, 7) is 2.23. The maximum atomic E-state index is 13.6. The number of amidine groups is 1. The Morgan fingerprint density at radius 1 is 1.08 bits per heavy atom. The molecular weight excluding hydrogens is 502 g/mol. The molecule has 1 atom stereocenters. The van der Waals surface area contributed by atoms with Crippen molar-refractivity contribution in [2.24, 2.45) is 4.99 Å². The number of para-hydroxylation sites is 1. The number of amides is 1. The van der Waals surface area contributed by atoms with E-state index in [1.54, 1.807) is 32.4 Å².